The lowest BCUT2D eigenvalue weighted by Crippen LogP contribution is -2.46. The molecule has 2 atom stereocenters. The molecule has 3 nitrogen and oxygen atoms in total. The number of nitrogens with two attached hydrogens (primary N) is 1. The van der Waals surface area contributed by atoms with Gasteiger partial charge in [0.05, 0.1) is 6.04 Å². The summed E-state index contributed by atoms with van der Waals surface area (Å²) in [4.78, 5) is 12.4. The molecule has 3 N–H and O–H groups in total. The first kappa shape index (κ1) is 18.5. The van der Waals surface area contributed by atoms with Crippen molar-refractivity contribution in [1.82, 2.24) is 5.32 Å². The Bertz CT molecular complexity index is 653. The third-order valence-corrected chi connectivity index (χ3v) is 4.60. The van der Waals surface area contributed by atoms with Crippen LogP contribution in [0.3, 0.4) is 0 Å². The number of nitrogens with one attached hydrogen (secondary N) is 1. The van der Waals surface area contributed by atoms with Gasteiger partial charge in [0.15, 0.2) is 0 Å². The predicted molar refractivity (Wildman–Crippen MR) is 102 cm³/mol. The van der Waals surface area contributed by atoms with Gasteiger partial charge in [-0.25, -0.2) is 0 Å². The molecule has 0 spiro atoms. The lowest BCUT2D eigenvalue weighted by atomic mass is 10.0. The van der Waals surface area contributed by atoms with E-state index in [1.807, 2.05) is 12.1 Å². The molecule has 2 rings (SSSR count). The van der Waals surface area contributed by atoms with Crippen LogP contribution in [0.5, 0.6) is 0 Å². The third kappa shape index (κ3) is 5.34. The molecule has 0 saturated carbocycles. The molecule has 24 heavy (non-hydrogen) atoms. The van der Waals surface area contributed by atoms with E-state index in [-0.39, 0.29) is 11.9 Å². The minimum absolute atomic E-state index is 0.0356. The fraction of sp³-hybridized carbons (Fsp3) is 0.476. The molecule has 0 fully saturated rings. The van der Waals surface area contributed by atoms with Crippen LogP contribution >= 0.6 is 0 Å². The molecule has 2 aromatic carbocycles. The Morgan fingerprint density at radius 3 is 2.54 bits per heavy atom. The van der Waals surface area contributed by atoms with Gasteiger partial charge in [0.25, 0.3) is 0 Å². The first-order valence-electron chi connectivity index (χ1n) is 9.17. The molecule has 0 aliphatic heterocycles. The number of amides is 1. The zero-order valence-electron chi connectivity index (χ0n) is 14.9. The molecule has 0 radical (unpaired) electrons. The highest BCUT2D eigenvalue weighted by Crippen LogP contribution is 2.16. The van der Waals surface area contributed by atoms with Crippen molar-refractivity contribution >= 4 is 16.7 Å². The van der Waals surface area contributed by atoms with Crippen LogP contribution in [0.15, 0.2) is 42.5 Å². The molecule has 0 heterocycles. The molecule has 0 aliphatic rings. The van der Waals surface area contributed by atoms with Crippen molar-refractivity contribution in [3.8, 4) is 0 Å². The van der Waals surface area contributed by atoms with E-state index in [4.69, 9.17) is 5.73 Å². The summed E-state index contributed by atoms with van der Waals surface area (Å²) >= 11 is 0. The van der Waals surface area contributed by atoms with E-state index in [2.05, 4.69) is 49.5 Å². The van der Waals surface area contributed by atoms with Crippen LogP contribution < -0.4 is 11.1 Å². The number of unbranched alkanes of at least 4 members (excludes halogenated alkanes) is 2. The average Bonchev–Trinajstić information content (AvgIpc) is 2.60. The summed E-state index contributed by atoms with van der Waals surface area (Å²) in [6, 6.07) is 14.3. The summed E-state index contributed by atoms with van der Waals surface area (Å²) in [6.45, 7) is 4.31. The van der Waals surface area contributed by atoms with Crippen molar-refractivity contribution < 1.29 is 4.79 Å². The maximum absolute atomic E-state index is 12.4. The van der Waals surface area contributed by atoms with E-state index in [1.54, 1.807) is 0 Å². The number of carbonyl (C=O) groups is 1. The molecule has 0 unspecified atom stereocenters. The van der Waals surface area contributed by atoms with Gasteiger partial charge >= 0.3 is 0 Å². The van der Waals surface area contributed by atoms with Gasteiger partial charge in [0, 0.05) is 6.04 Å². The van der Waals surface area contributed by atoms with Crippen LogP contribution in [0.2, 0.25) is 0 Å². The lowest BCUT2D eigenvalue weighted by molar-refractivity contribution is -0.123. The van der Waals surface area contributed by atoms with Gasteiger partial charge in [-0.05, 0) is 35.6 Å². The standard InChI is InChI=1S/C21H30N2O/c1-3-5-6-11-19(4-2)23-21(24)20(22)15-16-12-13-17-9-7-8-10-18(17)14-16/h7-10,12-14,19-20H,3-6,11,15,22H2,1-2H3,(H,23,24)/t19-,20-/m1/s1. The van der Waals surface area contributed by atoms with Crippen molar-refractivity contribution in [2.75, 3.05) is 0 Å². The summed E-state index contributed by atoms with van der Waals surface area (Å²) in [5.41, 5.74) is 7.25. The fourth-order valence-electron chi connectivity index (χ4n) is 3.04. The molecule has 130 valence electrons. The maximum Gasteiger partial charge on any atom is 0.237 e. The van der Waals surface area contributed by atoms with E-state index in [0.29, 0.717) is 6.42 Å². The molecule has 0 bridgehead atoms. The van der Waals surface area contributed by atoms with Crippen molar-refractivity contribution in [2.24, 2.45) is 5.73 Å². The molecular weight excluding hydrogens is 296 g/mol. The predicted octanol–water partition coefficient (Wildman–Crippen LogP) is 4.18. The van der Waals surface area contributed by atoms with Crippen molar-refractivity contribution in [3.05, 3.63) is 48.0 Å². The maximum atomic E-state index is 12.4. The highest BCUT2D eigenvalue weighted by atomic mass is 16.2. The van der Waals surface area contributed by atoms with Gasteiger partial charge < -0.3 is 11.1 Å². The Kier molecular flexibility index (Phi) is 7.26. The molecule has 1 amide bonds. The van der Waals surface area contributed by atoms with Crippen molar-refractivity contribution in [2.45, 2.75) is 64.5 Å². The zero-order chi connectivity index (χ0) is 17.4. The van der Waals surface area contributed by atoms with Gasteiger partial charge in [-0.2, -0.15) is 0 Å². The summed E-state index contributed by atoms with van der Waals surface area (Å²) < 4.78 is 0. The van der Waals surface area contributed by atoms with Crippen LogP contribution in [0.25, 0.3) is 10.8 Å². The topological polar surface area (TPSA) is 55.1 Å². The van der Waals surface area contributed by atoms with Gasteiger partial charge in [-0.3, -0.25) is 4.79 Å². The molecule has 3 heteroatoms. The molecule has 0 aliphatic carbocycles. The number of carbonyl (C=O) groups excluding carboxylic acids is 1. The number of hydrogen-bond donors (Lipinski definition) is 2. The Morgan fingerprint density at radius 1 is 1.08 bits per heavy atom. The summed E-state index contributed by atoms with van der Waals surface area (Å²) in [5.74, 6) is -0.0356. The monoisotopic (exact) mass is 326 g/mol. The first-order valence-corrected chi connectivity index (χ1v) is 9.17. The van der Waals surface area contributed by atoms with E-state index < -0.39 is 6.04 Å². The molecule has 2 aromatic rings. The highest BCUT2D eigenvalue weighted by Gasteiger charge is 2.17. The second kappa shape index (κ2) is 9.43. The van der Waals surface area contributed by atoms with Crippen molar-refractivity contribution in [3.63, 3.8) is 0 Å². The number of benzene rings is 2. The highest BCUT2D eigenvalue weighted by molar-refractivity contribution is 5.84. The lowest BCUT2D eigenvalue weighted by Gasteiger charge is -2.20. The van der Waals surface area contributed by atoms with Gasteiger partial charge in [0.1, 0.15) is 0 Å². The molecular formula is C21H30N2O. The fourth-order valence-corrected chi connectivity index (χ4v) is 3.04. The van der Waals surface area contributed by atoms with E-state index in [9.17, 15) is 4.79 Å². The summed E-state index contributed by atoms with van der Waals surface area (Å²) in [5, 5.41) is 5.52. The van der Waals surface area contributed by atoms with Crippen LogP contribution in [0.1, 0.15) is 51.5 Å². The van der Waals surface area contributed by atoms with Crippen LogP contribution in [0, 0.1) is 0 Å². The smallest absolute Gasteiger partial charge is 0.237 e. The zero-order valence-corrected chi connectivity index (χ0v) is 14.9. The quantitative estimate of drug-likeness (QED) is 0.679. The minimum atomic E-state index is -0.494. The second-order valence-electron chi connectivity index (χ2n) is 6.60. The Morgan fingerprint density at radius 2 is 1.83 bits per heavy atom. The summed E-state index contributed by atoms with van der Waals surface area (Å²) in [6.07, 6.45) is 6.15. The number of fused-ring (bicyclic) bond motifs is 1. The van der Waals surface area contributed by atoms with Crippen LogP contribution in [-0.4, -0.2) is 18.0 Å². The average molecular weight is 326 g/mol. The molecule has 0 saturated heterocycles. The Labute approximate surface area is 145 Å². The van der Waals surface area contributed by atoms with Crippen LogP contribution in [-0.2, 0) is 11.2 Å². The van der Waals surface area contributed by atoms with Gasteiger partial charge in [0.2, 0.25) is 5.91 Å². The SMILES string of the molecule is CCCCC[C@@H](CC)NC(=O)[C@H](N)Cc1ccc2ccccc2c1. The van der Waals surface area contributed by atoms with Gasteiger partial charge in [-0.15, -0.1) is 0 Å². The Hall–Kier alpha value is -1.87. The second-order valence-corrected chi connectivity index (χ2v) is 6.60. The van der Waals surface area contributed by atoms with Gasteiger partial charge in [-0.1, -0.05) is 75.6 Å². The largest absolute Gasteiger partial charge is 0.352 e. The van der Waals surface area contributed by atoms with E-state index >= 15 is 0 Å². The van der Waals surface area contributed by atoms with Crippen molar-refractivity contribution in [1.29, 1.82) is 0 Å². The molecule has 0 aromatic heterocycles. The third-order valence-electron chi connectivity index (χ3n) is 4.60. The van der Waals surface area contributed by atoms with E-state index in [1.165, 1.54) is 23.6 Å². The van der Waals surface area contributed by atoms with Crippen LogP contribution in [0.4, 0.5) is 0 Å². The Balaban J connectivity index is 1.91. The first-order chi connectivity index (χ1) is 11.6. The summed E-state index contributed by atoms with van der Waals surface area (Å²) in [7, 11) is 0. The minimum Gasteiger partial charge on any atom is -0.352 e. The van der Waals surface area contributed by atoms with E-state index in [0.717, 1.165) is 24.8 Å². The number of hydrogen-bond acceptors (Lipinski definition) is 2. The number of rotatable bonds is 9. The normalized spacial score (nSPS) is 13.6.